The number of nitrogens with zero attached hydrogens (tertiary/aromatic N) is 4. The van der Waals surface area contributed by atoms with Crippen molar-refractivity contribution in [3.63, 3.8) is 0 Å². The Balaban J connectivity index is 1.31. The van der Waals surface area contributed by atoms with E-state index in [-0.39, 0.29) is 35.2 Å². The summed E-state index contributed by atoms with van der Waals surface area (Å²) in [6.45, 7) is 2.01. The average molecular weight is 574 g/mol. The second-order valence-electron chi connectivity index (χ2n) is 9.69. The van der Waals surface area contributed by atoms with Gasteiger partial charge in [0.2, 0.25) is 5.88 Å². The number of benzene rings is 1. The Labute approximate surface area is 230 Å². The summed E-state index contributed by atoms with van der Waals surface area (Å²) in [6, 6.07) is 9.63. The molecular formula is C26H31N5O6S2. The summed E-state index contributed by atoms with van der Waals surface area (Å²) in [5.41, 5.74) is 0.972. The van der Waals surface area contributed by atoms with E-state index in [0.717, 1.165) is 25.9 Å². The van der Waals surface area contributed by atoms with Gasteiger partial charge in [0.25, 0.3) is 5.91 Å². The molecular weight excluding hydrogens is 542 g/mol. The topological polar surface area (TPSA) is 143 Å². The van der Waals surface area contributed by atoms with Crippen LogP contribution in [-0.4, -0.2) is 84.7 Å². The molecule has 0 bridgehead atoms. The molecule has 1 saturated carbocycles. The second-order valence-corrected chi connectivity index (χ2v) is 12.9. The molecule has 0 spiro atoms. The lowest BCUT2D eigenvalue weighted by molar-refractivity contribution is -0.110. The molecule has 5 rings (SSSR count). The third kappa shape index (κ3) is 6.72. The first-order valence-corrected chi connectivity index (χ1v) is 15.3. The van der Waals surface area contributed by atoms with Gasteiger partial charge in [0.15, 0.2) is 20.7 Å². The Morgan fingerprint density at radius 3 is 2.56 bits per heavy atom. The number of carbonyl (C=O) groups is 1. The van der Waals surface area contributed by atoms with Crippen molar-refractivity contribution in [2.75, 3.05) is 38.7 Å². The number of pyridine rings is 1. The zero-order valence-corrected chi connectivity index (χ0v) is 23.2. The molecule has 39 heavy (non-hydrogen) atoms. The number of rotatable bonds is 11. The molecule has 0 radical (unpaired) electrons. The third-order valence-electron chi connectivity index (χ3n) is 6.59. The minimum atomic E-state index is -3.36. The van der Waals surface area contributed by atoms with Gasteiger partial charge in [0.1, 0.15) is 23.1 Å². The quantitative estimate of drug-likeness (QED) is 0.201. The molecule has 1 saturated heterocycles. The van der Waals surface area contributed by atoms with Gasteiger partial charge in [0, 0.05) is 37.7 Å². The van der Waals surface area contributed by atoms with Crippen LogP contribution in [0, 0.1) is 0 Å². The number of oxime groups is 1. The number of sulfone groups is 1. The van der Waals surface area contributed by atoms with Gasteiger partial charge in [-0.05, 0) is 50.9 Å². The number of amides is 1. The molecule has 3 heterocycles. The van der Waals surface area contributed by atoms with Crippen molar-refractivity contribution < 1.29 is 27.9 Å². The number of likely N-dealkylation sites (tertiary alicyclic amines) is 1. The number of aliphatic hydroxyl groups is 1. The van der Waals surface area contributed by atoms with Crippen LogP contribution in [-0.2, 0) is 19.5 Å². The molecule has 1 aliphatic heterocycles. The van der Waals surface area contributed by atoms with Crippen molar-refractivity contribution in [3.05, 3.63) is 42.0 Å². The summed E-state index contributed by atoms with van der Waals surface area (Å²) in [5, 5.41) is 15.8. The zero-order chi connectivity index (χ0) is 27.4. The number of fused-ring (bicyclic) bond motifs is 1. The van der Waals surface area contributed by atoms with Crippen LogP contribution in [0.5, 0.6) is 5.88 Å². The lowest BCUT2D eigenvalue weighted by atomic mass is 10.1. The Bertz CT molecular complexity index is 1450. The fraction of sp³-hybridized carbons (Fsp3) is 0.462. The van der Waals surface area contributed by atoms with E-state index in [0.29, 0.717) is 46.2 Å². The average Bonchev–Trinajstić information content (AvgIpc) is 3.72. The largest absolute Gasteiger partial charge is 0.474 e. The minimum Gasteiger partial charge on any atom is -0.474 e. The fourth-order valence-corrected chi connectivity index (χ4v) is 6.67. The molecule has 13 heteroatoms. The highest BCUT2D eigenvalue weighted by Crippen LogP contribution is 2.33. The molecule has 0 unspecified atom stereocenters. The van der Waals surface area contributed by atoms with Gasteiger partial charge in [-0.1, -0.05) is 28.6 Å². The molecule has 0 atom stereocenters. The molecule has 2 fully saturated rings. The highest BCUT2D eigenvalue weighted by molar-refractivity contribution is 7.92. The van der Waals surface area contributed by atoms with Gasteiger partial charge in [-0.25, -0.2) is 18.4 Å². The van der Waals surface area contributed by atoms with Gasteiger partial charge < -0.3 is 19.6 Å². The SMILES string of the molecule is CN1CCC(Oc2ccc3nc(NC(=O)C(=NOCCCO)c4ccc(S(=O)(=O)C5CC5)cc4)sc3n2)CC1. The molecule has 1 amide bonds. The Morgan fingerprint density at radius 2 is 1.87 bits per heavy atom. The molecule has 208 valence electrons. The number of hydrogen-bond donors (Lipinski definition) is 2. The van der Waals surface area contributed by atoms with Crippen LogP contribution < -0.4 is 10.1 Å². The van der Waals surface area contributed by atoms with Crippen LogP contribution in [0.4, 0.5) is 5.13 Å². The lowest BCUT2D eigenvalue weighted by Gasteiger charge is -2.28. The van der Waals surface area contributed by atoms with E-state index >= 15 is 0 Å². The van der Waals surface area contributed by atoms with Crippen LogP contribution in [0.15, 0.2) is 46.4 Å². The second kappa shape index (κ2) is 11.9. The summed E-state index contributed by atoms with van der Waals surface area (Å²) in [7, 11) is -1.26. The number of aromatic nitrogens is 2. The molecule has 3 aromatic rings. The number of aliphatic hydroxyl groups excluding tert-OH is 1. The lowest BCUT2D eigenvalue weighted by Crippen LogP contribution is -2.35. The van der Waals surface area contributed by atoms with Crippen LogP contribution in [0.25, 0.3) is 10.3 Å². The molecule has 1 aromatic carbocycles. The number of ether oxygens (including phenoxy) is 1. The van der Waals surface area contributed by atoms with Gasteiger partial charge in [-0.15, -0.1) is 0 Å². The van der Waals surface area contributed by atoms with Crippen molar-refractivity contribution >= 4 is 48.3 Å². The smallest absolute Gasteiger partial charge is 0.280 e. The van der Waals surface area contributed by atoms with Gasteiger partial charge in [0.05, 0.1) is 10.1 Å². The molecule has 11 nitrogen and oxygen atoms in total. The Hall–Kier alpha value is -3.13. The van der Waals surface area contributed by atoms with Crippen molar-refractivity contribution in [1.29, 1.82) is 0 Å². The Kier molecular flexibility index (Phi) is 8.40. The fourth-order valence-electron chi connectivity index (χ4n) is 4.19. The summed E-state index contributed by atoms with van der Waals surface area (Å²) in [6.07, 6.45) is 3.68. The molecule has 2 aromatic heterocycles. The standard InChI is InChI=1S/C26H31N5O6S2/c1-31-13-11-18(12-14-31)37-22-10-9-21-25(28-22)38-26(27-21)29-24(33)23(30-36-16-2-15-32)17-3-5-19(6-4-17)39(34,35)20-7-8-20/h3-6,9-10,18,20,32H,2,7-8,11-16H2,1H3,(H,27,29,33). The number of hydrogen-bond acceptors (Lipinski definition) is 11. The summed E-state index contributed by atoms with van der Waals surface area (Å²) < 4.78 is 31.2. The van der Waals surface area contributed by atoms with Crippen molar-refractivity contribution in [2.45, 2.75) is 48.4 Å². The number of nitrogens with one attached hydrogen (secondary N) is 1. The highest BCUT2D eigenvalue weighted by atomic mass is 32.2. The molecule has 2 aliphatic rings. The highest BCUT2D eigenvalue weighted by Gasteiger charge is 2.36. The summed E-state index contributed by atoms with van der Waals surface area (Å²) in [5.74, 6) is -0.0435. The van der Waals surface area contributed by atoms with Crippen molar-refractivity contribution in [2.24, 2.45) is 5.16 Å². The predicted octanol–water partition coefficient (Wildman–Crippen LogP) is 2.84. The number of carbonyl (C=O) groups excluding carboxylic acids is 1. The summed E-state index contributed by atoms with van der Waals surface area (Å²) >= 11 is 1.21. The minimum absolute atomic E-state index is 0.0400. The van der Waals surface area contributed by atoms with Crippen LogP contribution in [0.2, 0.25) is 0 Å². The third-order valence-corrected chi connectivity index (χ3v) is 9.75. The summed E-state index contributed by atoms with van der Waals surface area (Å²) in [4.78, 5) is 30.6. The van der Waals surface area contributed by atoms with E-state index < -0.39 is 15.7 Å². The number of anilines is 1. The zero-order valence-electron chi connectivity index (χ0n) is 21.6. The van der Waals surface area contributed by atoms with E-state index in [9.17, 15) is 13.2 Å². The molecule has 2 N–H and O–H groups in total. The Morgan fingerprint density at radius 1 is 1.13 bits per heavy atom. The van der Waals surface area contributed by atoms with E-state index in [2.05, 4.69) is 32.4 Å². The van der Waals surface area contributed by atoms with Crippen molar-refractivity contribution in [3.8, 4) is 5.88 Å². The van der Waals surface area contributed by atoms with Gasteiger partial charge >= 0.3 is 0 Å². The van der Waals surface area contributed by atoms with Crippen LogP contribution >= 0.6 is 11.3 Å². The van der Waals surface area contributed by atoms with E-state index in [1.165, 1.54) is 35.6 Å². The maximum Gasteiger partial charge on any atom is 0.280 e. The number of piperidine rings is 1. The van der Waals surface area contributed by atoms with Crippen LogP contribution in [0.1, 0.15) is 37.7 Å². The molecule has 1 aliphatic carbocycles. The monoisotopic (exact) mass is 573 g/mol. The van der Waals surface area contributed by atoms with E-state index in [1.807, 2.05) is 6.07 Å². The normalized spacial score (nSPS) is 17.3. The maximum absolute atomic E-state index is 13.2. The van der Waals surface area contributed by atoms with Crippen LogP contribution in [0.3, 0.4) is 0 Å². The maximum atomic E-state index is 13.2. The van der Waals surface area contributed by atoms with Crippen molar-refractivity contribution in [1.82, 2.24) is 14.9 Å². The first kappa shape index (κ1) is 27.4. The first-order chi connectivity index (χ1) is 18.8. The van der Waals surface area contributed by atoms with E-state index in [4.69, 9.17) is 14.7 Å². The van der Waals surface area contributed by atoms with Gasteiger partial charge in [-0.3, -0.25) is 10.1 Å². The first-order valence-electron chi connectivity index (χ1n) is 12.9. The van der Waals surface area contributed by atoms with E-state index in [1.54, 1.807) is 6.07 Å². The van der Waals surface area contributed by atoms with Gasteiger partial charge in [-0.2, -0.15) is 0 Å². The predicted molar refractivity (Wildman–Crippen MR) is 148 cm³/mol. The number of thiazole rings is 1.